The maximum Gasteiger partial charge on any atom is 0.407 e. The Labute approximate surface area is 247 Å². The Morgan fingerprint density at radius 2 is 1.74 bits per heavy atom. The van der Waals surface area contributed by atoms with E-state index in [1.165, 1.54) is 37.8 Å². The second kappa shape index (κ2) is 13.6. The Morgan fingerprint density at radius 3 is 2.38 bits per heavy atom. The van der Waals surface area contributed by atoms with E-state index in [1.54, 1.807) is 4.90 Å². The highest BCUT2D eigenvalue weighted by molar-refractivity contribution is 6.01. The van der Waals surface area contributed by atoms with Crippen molar-refractivity contribution in [2.45, 2.75) is 77.2 Å². The molecule has 4 fully saturated rings. The van der Waals surface area contributed by atoms with Crippen LogP contribution >= 0.6 is 0 Å². The molecule has 42 heavy (non-hydrogen) atoms. The number of halogens is 2. The molecule has 1 atom stereocenters. The number of hydrogen-bond donors (Lipinski definition) is 3. The van der Waals surface area contributed by atoms with Crippen molar-refractivity contribution in [3.8, 4) is 0 Å². The molecule has 4 aliphatic rings. The maximum atomic E-state index is 15.1. The molecular weight excluding hydrogens is 544 g/mol. The molecule has 232 valence electrons. The normalized spacial score (nSPS) is 23.4. The van der Waals surface area contributed by atoms with E-state index < -0.39 is 23.6 Å². The van der Waals surface area contributed by atoms with Gasteiger partial charge in [-0.05, 0) is 93.8 Å². The van der Waals surface area contributed by atoms with E-state index in [1.807, 2.05) is 0 Å². The predicted octanol–water partition coefficient (Wildman–Crippen LogP) is 4.42. The number of ether oxygens (including phenoxy) is 1. The minimum atomic E-state index is -0.693. The molecule has 3 amide bonds. The summed E-state index contributed by atoms with van der Waals surface area (Å²) >= 11 is 0. The number of amides is 3. The summed E-state index contributed by atoms with van der Waals surface area (Å²) in [5, 5.41) is 8.03. The molecule has 9 nitrogen and oxygen atoms in total. The van der Waals surface area contributed by atoms with E-state index in [4.69, 9.17) is 4.74 Å². The summed E-state index contributed by atoms with van der Waals surface area (Å²) in [7, 11) is 0. The zero-order valence-corrected chi connectivity index (χ0v) is 24.7. The number of benzene rings is 1. The molecule has 1 aliphatic carbocycles. The molecule has 0 radical (unpaired) electrons. The van der Waals surface area contributed by atoms with Crippen molar-refractivity contribution in [1.82, 2.24) is 15.5 Å². The molecule has 3 aliphatic heterocycles. The maximum absolute atomic E-state index is 15.1. The monoisotopic (exact) mass is 589 g/mol. The van der Waals surface area contributed by atoms with Crippen LogP contribution in [0.3, 0.4) is 0 Å². The number of imide groups is 1. The Morgan fingerprint density at radius 1 is 1.05 bits per heavy atom. The molecule has 0 aromatic heterocycles. The number of nitrogens with zero attached hydrogens (tertiary/aromatic N) is 2. The van der Waals surface area contributed by atoms with Gasteiger partial charge in [-0.15, -0.1) is 0 Å². The topological polar surface area (TPSA) is 103 Å². The number of hydrogen-bond acceptors (Lipinski definition) is 7. The Bertz CT molecular complexity index is 1100. The third-order valence-corrected chi connectivity index (χ3v) is 9.67. The highest BCUT2D eigenvalue weighted by atomic mass is 19.1. The van der Waals surface area contributed by atoms with Crippen LogP contribution in [-0.2, 0) is 14.3 Å². The van der Waals surface area contributed by atoms with Crippen molar-refractivity contribution < 1.29 is 27.9 Å². The third kappa shape index (κ3) is 7.51. The summed E-state index contributed by atoms with van der Waals surface area (Å²) in [5.74, 6) is -1.06. The summed E-state index contributed by atoms with van der Waals surface area (Å²) < 4.78 is 35.3. The molecule has 1 saturated carbocycles. The molecule has 5 rings (SSSR count). The molecule has 3 saturated heterocycles. The van der Waals surface area contributed by atoms with Gasteiger partial charge in [0.25, 0.3) is 0 Å². The third-order valence-electron chi connectivity index (χ3n) is 9.67. The number of anilines is 2. The highest BCUT2D eigenvalue weighted by Crippen LogP contribution is 2.52. The largest absolute Gasteiger partial charge is 0.450 e. The second-order valence-corrected chi connectivity index (χ2v) is 12.8. The van der Waals surface area contributed by atoms with Gasteiger partial charge < -0.3 is 25.2 Å². The number of nitrogens with one attached hydrogen (secondary N) is 3. The fourth-order valence-corrected chi connectivity index (χ4v) is 7.20. The van der Waals surface area contributed by atoms with Crippen LogP contribution in [0.25, 0.3) is 0 Å². The van der Waals surface area contributed by atoms with Crippen LogP contribution in [0.2, 0.25) is 0 Å². The van der Waals surface area contributed by atoms with E-state index >= 15 is 8.78 Å². The molecule has 3 N–H and O–H groups in total. The molecule has 1 aromatic rings. The minimum absolute atomic E-state index is 0.00885. The van der Waals surface area contributed by atoms with Gasteiger partial charge in [0, 0.05) is 38.3 Å². The zero-order chi connectivity index (χ0) is 29.7. The lowest BCUT2D eigenvalue weighted by Gasteiger charge is -2.53. The van der Waals surface area contributed by atoms with Crippen molar-refractivity contribution >= 4 is 29.3 Å². The Kier molecular flexibility index (Phi) is 9.85. The quantitative estimate of drug-likeness (QED) is 0.274. The summed E-state index contributed by atoms with van der Waals surface area (Å²) in [6, 6.07) is 1.78. The summed E-state index contributed by atoms with van der Waals surface area (Å²) in [6.45, 7) is 7.67. The van der Waals surface area contributed by atoms with Gasteiger partial charge in [-0.1, -0.05) is 13.3 Å². The van der Waals surface area contributed by atoms with Crippen molar-refractivity contribution in [3.05, 3.63) is 23.8 Å². The van der Waals surface area contributed by atoms with Crippen LogP contribution < -0.4 is 20.9 Å². The van der Waals surface area contributed by atoms with Gasteiger partial charge >= 0.3 is 6.09 Å². The first-order valence-corrected chi connectivity index (χ1v) is 15.7. The van der Waals surface area contributed by atoms with Crippen LogP contribution in [0.5, 0.6) is 0 Å². The van der Waals surface area contributed by atoms with Crippen LogP contribution in [0.4, 0.5) is 25.0 Å². The van der Waals surface area contributed by atoms with Gasteiger partial charge in [-0.3, -0.25) is 14.9 Å². The SMILES string of the molecule is CCCCOC(=O)NCC1CC2(CCN(CC3CCN(c4c(F)cc(NC5CCC(=O)NC5=O)cc4F)CC3)CC2)C1. The highest BCUT2D eigenvalue weighted by Gasteiger charge is 2.45. The van der Waals surface area contributed by atoms with Crippen LogP contribution in [0, 0.1) is 28.9 Å². The van der Waals surface area contributed by atoms with Crippen molar-refractivity contribution in [1.29, 1.82) is 0 Å². The summed E-state index contributed by atoms with van der Waals surface area (Å²) in [5.41, 5.74) is 0.609. The molecular formula is C31H45F2N5O4. The molecule has 1 spiro atoms. The summed E-state index contributed by atoms with van der Waals surface area (Å²) in [4.78, 5) is 39.5. The Hall–Kier alpha value is -2.95. The fourth-order valence-electron chi connectivity index (χ4n) is 7.20. The number of unbranched alkanes of at least 4 members (excludes halogenated alkanes) is 1. The first-order chi connectivity index (χ1) is 20.2. The Balaban J connectivity index is 1.01. The minimum Gasteiger partial charge on any atom is -0.450 e. The van der Waals surface area contributed by atoms with Gasteiger partial charge in [0.2, 0.25) is 11.8 Å². The molecule has 1 aromatic carbocycles. The first kappa shape index (κ1) is 30.5. The zero-order valence-electron chi connectivity index (χ0n) is 24.7. The number of alkyl carbamates (subject to hydrolysis) is 1. The lowest BCUT2D eigenvalue weighted by molar-refractivity contribution is -0.133. The van der Waals surface area contributed by atoms with E-state index in [9.17, 15) is 14.4 Å². The van der Waals surface area contributed by atoms with Gasteiger partial charge in [0.1, 0.15) is 11.7 Å². The molecule has 3 heterocycles. The number of rotatable bonds is 10. The average Bonchev–Trinajstić information content (AvgIpc) is 2.94. The van der Waals surface area contributed by atoms with E-state index in [2.05, 4.69) is 27.8 Å². The van der Waals surface area contributed by atoms with Gasteiger partial charge in [-0.2, -0.15) is 0 Å². The molecule has 1 unspecified atom stereocenters. The van der Waals surface area contributed by atoms with Crippen LogP contribution in [0.15, 0.2) is 12.1 Å². The lowest BCUT2D eigenvalue weighted by Crippen LogP contribution is -2.50. The first-order valence-electron chi connectivity index (χ1n) is 15.7. The lowest BCUT2D eigenvalue weighted by atomic mass is 9.57. The summed E-state index contributed by atoms with van der Waals surface area (Å²) in [6.07, 6.45) is 8.60. The van der Waals surface area contributed by atoms with E-state index in [0.29, 0.717) is 43.5 Å². The fraction of sp³-hybridized carbons (Fsp3) is 0.710. The number of likely N-dealkylation sites (tertiary alicyclic amines) is 1. The average molecular weight is 590 g/mol. The van der Waals surface area contributed by atoms with E-state index in [-0.39, 0.29) is 36.2 Å². The van der Waals surface area contributed by atoms with Crippen LogP contribution in [-0.4, -0.2) is 74.7 Å². The van der Waals surface area contributed by atoms with E-state index in [0.717, 1.165) is 45.3 Å². The van der Waals surface area contributed by atoms with Gasteiger partial charge in [0.05, 0.1) is 6.61 Å². The number of carbonyl (C=O) groups excluding carboxylic acids is 3. The number of carbonyl (C=O) groups is 3. The van der Waals surface area contributed by atoms with Crippen molar-refractivity contribution in [3.63, 3.8) is 0 Å². The van der Waals surface area contributed by atoms with Crippen molar-refractivity contribution in [2.75, 3.05) is 56.1 Å². The van der Waals surface area contributed by atoms with Gasteiger partial charge in [-0.25, -0.2) is 13.6 Å². The molecule has 11 heteroatoms. The standard InChI is InChI=1S/C31H45F2N5O4/c1-2-3-14-42-30(41)34-19-22-17-31(18-22)8-12-37(13-9-31)20-21-6-10-38(11-7-21)28-24(32)15-23(16-25(28)33)35-26-4-5-27(39)36-29(26)40/h15-16,21-22,26,35H,2-14,17-20H2,1H3,(H,34,41)(H,36,39,40). The number of piperidine rings is 3. The predicted molar refractivity (Wildman–Crippen MR) is 156 cm³/mol. The van der Waals surface area contributed by atoms with Gasteiger partial charge in [0.15, 0.2) is 11.6 Å². The second-order valence-electron chi connectivity index (χ2n) is 12.8. The smallest absolute Gasteiger partial charge is 0.407 e. The van der Waals surface area contributed by atoms with Crippen LogP contribution in [0.1, 0.15) is 71.1 Å². The molecule has 0 bridgehead atoms. The van der Waals surface area contributed by atoms with Crippen molar-refractivity contribution in [2.24, 2.45) is 17.3 Å².